The summed E-state index contributed by atoms with van der Waals surface area (Å²) in [6.07, 6.45) is 1.68. The van der Waals surface area contributed by atoms with Crippen LogP contribution in [-0.4, -0.2) is 31.3 Å². The highest BCUT2D eigenvalue weighted by Crippen LogP contribution is 2.35. The second-order valence-electron chi connectivity index (χ2n) is 11.3. The van der Waals surface area contributed by atoms with E-state index in [2.05, 4.69) is 10.2 Å². The van der Waals surface area contributed by atoms with E-state index in [1.165, 1.54) is 12.1 Å². The molecule has 44 heavy (non-hydrogen) atoms. The Balaban J connectivity index is 1.70. The summed E-state index contributed by atoms with van der Waals surface area (Å²) < 4.78 is 31.4. The van der Waals surface area contributed by atoms with Crippen LogP contribution in [0.5, 0.6) is 5.75 Å². The molecule has 1 amide bonds. The molecular formula is C36H39N3O4S. The molecule has 0 saturated carbocycles. The fourth-order valence-corrected chi connectivity index (χ4v) is 6.17. The zero-order valence-electron chi connectivity index (χ0n) is 26.3. The first-order valence-corrected chi connectivity index (χ1v) is 16.0. The van der Waals surface area contributed by atoms with Crippen LogP contribution < -0.4 is 4.18 Å². The van der Waals surface area contributed by atoms with E-state index in [1.54, 1.807) is 44.2 Å². The van der Waals surface area contributed by atoms with Gasteiger partial charge in [0.1, 0.15) is 10.6 Å². The fraction of sp³-hybridized carbons (Fsp3) is 0.250. The molecule has 0 saturated heterocycles. The summed E-state index contributed by atoms with van der Waals surface area (Å²) in [4.78, 5) is 15.5. The number of hydrogen-bond donors (Lipinski definition) is 0. The fourth-order valence-electron chi connectivity index (χ4n) is 5.12. The summed E-state index contributed by atoms with van der Waals surface area (Å²) >= 11 is 0. The summed E-state index contributed by atoms with van der Waals surface area (Å²) in [5, 5.41) is 9.10. The third-order valence-electron chi connectivity index (χ3n) is 7.13. The van der Waals surface area contributed by atoms with Crippen LogP contribution in [0, 0.1) is 20.8 Å². The second-order valence-corrected chi connectivity index (χ2v) is 12.9. The topological polar surface area (TPSA) is 88.4 Å². The van der Waals surface area contributed by atoms with Gasteiger partial charge in [-0.05, 0) is 101 Å². The maximum Gasteiger partial charge on any atom is 0.339 e. The number of carbonyl (C=O) groups excluding carboxylic acids is 1. The van der Waals surface area contributed by atoms with E-state index in [4.69, 9.17) is 4.18 Å². The van der Waals surface area contributed by atoms with E-state index < -0.39 is 10.1 Å². The van der Waals surface area contributed by atoms with Gasteiger partial charge in [-0.3, -0.25) is 4.79 Å². The molecule has 228 valence electrons. The lowest BCUT2D eigenvalue weighted by atomic mass is 9.95. The number of nitrogens with zero attached hydrogens (tertiary/aromatic N) is 3. The molecule has 4 aromatic rings. The molecule has 0 N–H and O–H groups in total. The van der Waals surface area contributed by atoms with Gasteiger partial charge < -0.3 is 9.08 Å². The third kappa shape index (κ3) is 7.68. The van der Waals surface area contributed by atoms with Crippen LogP contribution in [0.3, 0.4) is 0 Å². The lowest BCUT2D eigenvalue weighted by Crippen LogP contribution is -2.41. The Labute approximate surface area is 261 Å². The van der Waals surface area contributed by atoms with Crippen molar-refractivity contribution in [2.75, 3.05) is 0 Å². The van der Waals surface area contributed by atoms with Crippen LogP contribution in [0.25, 0.3) is 5.57 Å². The molecule has 0 aliphatic carbocycles. The van der Waals surface area contributed by atoms with Crippen molar-refractivity contribution in [3.63, 3.8) is 0 Å². The van der Waals surface area contributed by atoms with E-state index in [0.29, 0.717) is 22.5 Å². The highest BCUT2D eigenvalue weighted by molar-refractivity contribution is 7.87. The van der Waals surface area contributed by atoms with Gasteiger partial charge in [-0.2, -0.15) is 13.5 Å². The van der Waals surface area contributed by atoms with Crippen molar-refractivity contribution >= 4 is 33.0 Å². The number of rotatable bonds is 10. The van der Waals surface area contributed by atoms with Crippen molar-refractivity contribution in [3.05, 3.63) is 125 Å². The van der Waals surface area contributed by atoms with Gasteiger partial charge >= 0.3 is 10.1 Å². The molecule has 8 heteroatoms. The minimum atomic E-state index is -4.00. The maximum absolute atomic E-state index is 13.5. The van der Waals surface area contributed by atoms with E-state index in [0.717, 1.165) is 22.3 Å². The molecule has 0 fully saturated rings. The van der Waals surface area contributed by atoms with Crippen molar-refractivity contribution in [2.45, 2.75) is 65.4 Å². The van der Waals surface area contributed by atoms with Crippen LogP contribution in [0.1, 0.15) is 55.5 Å². The van der Waals surface area contributed by atoms with Crippen LogP contribution in [-0.2, 0) is 14.9 Å². The van der Waals surface area contributed by atoms with Crippen molar-refractivity contribution in [3.8, 4) is 5.75 Å². The molecule has 0 heterocycles. The van der Waals surface area contributed by atoms with Crippen LogP contribution in [0.15, 0.2) is 112 Å². The molecule has 0 spiro atoms. The van der Waals surface area contributed by atoms with Gasteiger partial charge in [-0.15, -0.1) is 5.11 Å². The number of amides is 1. The monoisotopic (exact) mass is 609 g/mol. The Morgan fingerprint density at radius 3 is 1.93 bits per heavy atom. The average molecular weight is 610 g/mol. The average Bonchev–Trinajstić information content (AvgIpc) is 2.97. The lowest BCUT2D eigenvalue weighted by Gasteiger charge is -2.30. The Hall–Kier alpha value is -4.56. The number of carbonyl (C=O) groups is 1. The first-order chi connectivity index (χ1) is 20.9. The predicted molar refractivity (Wildman–Crippen MR) is 176 cm³/mol. The minimum Gasteiger partial charge on any atom is -0.378 e. The molecule has 4 rings (SSSR count). The van der Waals surface area contributed by atoms with Crippen molar-refractivity contribution in [1.82, 2.24) is 4.90 Å². The van der Waals surface area contributed by atoms with Crippen LogP contribution in [0.2, 0.25) is 0 Å². The van der Waals surface area contributed by atoms with E-state index in [9.17, 15) is 13.2 Å². The molecule has 0 atom stereocenters. The molecule has 4 aromatic carbocycles. The molecule has 0 radical (unpaired) electrons. The Morgan fingerprint density at radius 2 is 1.34 bits per heavy atom. The first-order valence-electron chi connectivity index (χ1n) is 14.6. The number of hydrogen-bond acceptors (Lipinski definition) is 6. The van der Waals surface area contributed by atoms with E-state index >= 15 is 0 Å². The van der Waals surface area contributed by atoms with Gasteiger partial charge in [-0.1, -0.05) is 66.2 Å². The Morgan fingerprint density at radius 1 is 0.773 bits per heavy atom. The largest absolute Gasteiger partial charge is 0.378 e. The van der Waals surface area contributed by atoms with E-state index in [-0.39, 0.29) is 28.6 Å². The third-order valence-corrected chi connectivity index (χ3v) is 8.37. The Kier molecular flexibility index (Phi) is 10.2. The van der Waals surface area contributed by atoms with Crippen LogP contribution >= 0.6 is 0 Å². The summed E-state index contributed by atoms with van der Waals surface area (Å²) in [6, 6.07) is 27.4. The Bertz CT molecular complexity index is 1760. The van der Waals surface area contributed by atoms with Crippen molar-refractivity contribution < 1.29 is 17.4 Å². The van der Waals surface area contributed by atoms with Crippen LogP contribution in [0.4, 0.5) is 11.4 Å². The number of azo groups is 1. The molecule has 0 aliphatic heterocycles. The van der Waals surface area contributed by atoms with Gasteiger partial charge in [0.25, 0.3) is 0 Å². The summed E-state index contributed by atoms with van der Waals surface area (Å²) in [5.41, 5.74) is 5.71. The number of benzene rings is 4. The zero-order chi connectivity index (χ0) is 32.0. The SMILES string of the molecule is Cc1ccc(S(=O)(=O)Oc2c(C)cc(N=Nc3ccccc3/C(=C/C(=O)N(C(C)C)C(C)C)c3ccccc3)cc2C)cc1. The zero-order valence-corrected chi connectivity index (χ0v) is 27.1. The second kappa shape index (κ2) is 13.8. The lowest BCUT2D eigenvalue weighted by molar-refractivity contribution is -0.129. The molecule has 0 bridgehead atoms. The molecule has 0 unspecified atom stereocenters. The summed E-state index contributed by atoms with van der Waals surface area (Å²) in [5.74, 6) is 0.181. The van der Waals surface area contributed by atoms with Crippen molar-refractivity contribution in [2.24, 2.45) is 10.2 Å². The van der Waals surface area contributed by atoms with Gasteiger partial charge in [-0.25, -0.2) is 0 Å². The molecule has 0 aromatic heterocycles. The summed E-state index contributed by atoms with van der Waals surface area (Å²) in [7, 11) is -4.00. The highest BCUT2D eigenvalue weighted by atomic mass is 32.2. The highest BCUT2D eigenvalue weighted by Gasteiger charge is 2.22. The number of aryl methyl sites for hydroxylation is 3. The molecule has 7 nitrogen and oxygen atoms in total. The predicted octanol–water partition coefficient (Wildman–Crippen LogP) is 8.87. The first kappa shape index (κ1) is 32.4. The van der Waals surface area contributed by atoms with E-state index in [1.807, 2.05) is 94.1 Å². The van der Waals surface area contributed by atoms with Crippen molar-refractivity contribution in [1.29, 1.82) is 0 Å². The smallest absolute Gasteiger partial charge is 0.339 e. The minimum absolute atomic E-state index is 0.0380. The van der Waals surface area contributed by atoms with Gasteiger partial charge in [0.2, 0.25) is 5.91 Å². The molecular weight excluding hydrogens is 570 g/mol. The maximum atomic E-state index is 13.5. The molecule has 0 aliphatic rings. The van der Waals surface area contributed by atoms with Gasteiger partial charge in [0.05, 0.1) is 11.4 Å². The van der Waals surface area contributed by atoms with Gasteiger partial charge in [0.15, 0.2) is 0 Å². The normalized spacial score (nSPS) is 12.2. The standard InChI is InChI=1S/C36H39N3O4S/c1-24(2)39(25(3)4)35(40)23-33(29-13-9-8-10-14-29)32-15-11-12-16-34(32)38-37-30-21-27(6)36(28(7)22-30)43-44(41,42)31-19-17-26(5)18-20-31/h8-25H,1-7H3/b33-23+,38-37?. The van der Waals surface area contributed by atoms with Gasteiger partial charge in [0, 0.05) is 23.7 Å². The summed E-state index contributed by atoms with van der Waals surface area (Å²) in [6.45, 7) is 13.5. The quantitative estimate of drug-likeness (QED) is 0.102.